The number of hydrogen-bond donors (Lipinski definition) is 2. The average Bonchev–Trinajstić information content (AvgIpc) is 2.55. The van der Waals surface area contributed by atoms with Gasteiger partial charge in [-0.1, -0.05) is 23.7 Å². The van der Waals surface area contributed by atoms with Gasteiger partial charge in [0, 0.05) is 5.69 Å². The van der Waals surface area contributed by atoms with Crippen LogP contribution in [-0.4, -0.2) is 12.5 Å². The fourth-order valence-electron chi connectivity index (χ4n) is 2.15. The SMILES string of the molecule is CC(NC(=O)CNc1cccc(C(F)(F)F)c1)c1ccc(F)c(Cl)c1. The largest absolute Gasteiger partial charge is 0.416 e. The lowest BCUT2D eigenvalue weighted by Gasteiger charge is -2.16. The summed E-state index contributed by atoms with van der Waals surface area (Å²) in [6.07, 6.45) is -4.45. The molecule has 2 rings (SSSR count). The number of amides is 1. The van der Waals surface area contributed by atoms with E-state index in [1.165, 1.54) is 30.3 Å². The maximum absolute atomic E-state index is 13.1. The minimum absolute atomic E-state index is 0.0549. The predicted octanol–water partition coefficient (Wildman–Crippen LogP) is 4.79. The maximum Gasteiger partial charge on any atom is 0.416 e. The average molecular weight is 375 g/mol. The van der Waals surface area contributed by atoms with Gasteiger partial charge in [0.2, 0.25) is 5.91 Å². The zero-order valence-corrected chi connectivity index (χ0v) is 13.9. The molecule has 1 unspecified atom stereocenters. The molecule has 0 radical (unpaired) electrons. The Balaban J connectivity index is 1.93. The monoisotopic (exact) mass is 374 g/mol. The second-order valence-corrected chi connectivity index (χ2v) is 5.80. The van der Waals surface area contributed by atoms with Gasteiger partial charge in [-0.3, -0.25) is 4.79 Å². The molecule has 0 fully saturated rings. The van der Waals surface area contributed by atoms with Crippen molar-refractivity contribution in [3.05, 3.63) is 64.4 Å². The fraction of sp³-hybridized carbons (Fsp3) is 0.235. The molecule has 0 saturated heterocycles. The number of anilines is 1. The summed E-state index contributed by atoms with van der Waals surface area (Å²) in [6, 6.07) is 8.23. The molecule has 0 aliphatic heterocycles. The predicted molar refractivity (Wildman–Crippen MR) is 87.9 cm³/mol. The second-order valence-electron chi connectivity index (χ2n) is 5.39. The molecule has 0 saturated carbocycles. The van der Waals surface area contributed by atoms with E-state index in [1.54, 1.807) is 6.92 Å². The molecule has 0 aliphatic carbocycles. The van der Waals surface area contributed by atoms with Crippen LogP contribution in [0.5, 0.6) is 0 Å². The van der Waals surface area contributed by atoms with E-state index >= 15 is 0 Å². The van der Waals surface area contributed by atoms with Crippen LogP contribution in [0.1, 0.15) is 24.1 Å². The molecule has 2 aromatic rings. The van der Waals surface area contributed by atoms with Crippen molar-refractivity contribution in [2.45, 2.75) is 19.1 Å². The summed E-state index contributed by atoms with van der Waals surface area (Å²) in [7, 11) is 0. The van der Waals surface area contributed by atoms with E-state index in [-0.39, 0.29) is 17.3 Å². The Hall–Kier alpha value is -2.28. The first-order chi connectivity index (χ1) is 11.7. The number of carbonyl (C=O) groups excluding carboxylic acids is 1. The van der Waals surface area contributed by atoms with Gasteiger partial charge < -0.3 is 10.6 Å². The number of alkyl halides is 3. The molecule has 0 aliphatic rings. The van der Waals surface area contributed by atoms with Crippen molar-refractivity contribution >= 4 is 23.2 Å². The molecular weight excluding hydrogens is 360 g/mol. The van der Waals surface area contributed by atoms with Gasteiger partial charge in [-0.25, -0.2) is 4.39 Å². The molecule has 0 heterocycles. The van der Waals surface area contributed by atoms with Crippen LogP contribution < -0.4 is 10.6 Å². The lowest BCUT2D eigenvalue weighted by atomic mass is 10.1. The maximum atomic E-state index is 13.1. The Morgan fingerprint density at radius 2 is 1.92 bits per heavy atom. The highest BCUT2D eigenvalue weighted by atomic mass is 35.5. The van der Waals surface area contributed by atoms with E-state index in [0.29, 0.717) is 5.56 Å². The van der Waals surface area contributed by atoms with E-state index in [2.05, 4.69) is 10.6 Å². The first-order valence-electron chi connectivity index (χ1n) is 7.32. The van der Waals surface area contributed by atoms with Crippen LogP contribution in [0.2, 0.25) is 5.02 Å². The third-order valence-corrected chi connectivity index (χ3v) is 3.75. The number of hydrogen-bond acceptors (Lipinski definition) is 2. The van der Waals surface area contributed by atoms with Gasteiger partial charge >= 0.3 is 6.18 Å². The summed E-state index contributed by atoms with van der Waals surface area (Å²) in [5.41, 5.74) is -0.00602. The Kier molecular flexibility index (Phi) is 5.89. The molecule has 8 heteroatoms. The third-order valence-electron chi connectivity index (χ3n) is 3.46. The summed E-state index contributed by atoms with van der Waals surface area (Å²) in [6.45, 7) is 1.48. The number of benzene rings is 2. The van der Waals surface area contributed by atoms with E-state index in [1.807, 2.05) is 0 Å². The second kappa shape index (κ2) is 7.74. The molecule has 3 nitrogen and oxygen atoms in total. The Bertz CT molecular complexity index is 765. The molecule has 1 atom stereocenters. The van der Waals surface area contributed by atoms with Crippen LogP contribution in [0.4, 0.5) is 23.2 Å². The first-order valence-corrected chi connectivity index (χ1v) is 7.70. The summed E-state index contributed by atoms with van der Waals surface area (Å²) in [5.74, 6) is -0.986. The van der Waals surface area contributed by atoms with Crippen molar-refractivity contribution in [2.24, 2.45) is 0 Å². The van der Waals surface area contributed by atoms with Gasteiger partial charge in [-0.05, 0) is 42.8 Å². The van der Waals surface area contributed by atoms with Gasteiger partial charge in [0.15, 0.2) is 0 Å². The van der Waals surface area contributed by atoms with Crippen LogP contribution in [0.25, 0.3) is 0 Å². The minimum Gasteiger partial charge on any atom is -0.376 e. The standard InChI is InChI=1S/C17H15ClF4N2O/c1-10(11-5-6-15(19)14(18)7-11)24-16(25)9-23-13-4-2-3-12(8-13)17(20,21)22/h2-8,10,23H,9H2,1H3,(H,24,25). The minimum atomic E-state index is -4.45. The van der Waals surface area contributed by atoms with Crippen LogP contribution in [-0.2, 0) is 11.0 Å². The summed E-state index contributed by atoms with van der Waals surface area (Å²) in [4.78, 5) is 11.9. The zero-order valence-electron chi connectivity index (χ0n) is 13.1. The quantitative estimate of drug-likeness (QED) is 0.739. The highest BCUT2D eigenvalue weighted by Crippen LogP contribution is 2.30. The molecule has 1 amide bonds. The Morgan fingerprint density at radius 1 is 1.20 bits per heavy atom. The third kappa shape index (κ3) is 5.35. The van der Waals surface area contributed by atoms with Gasteiger partial charge in [-0.15, -0.1) is 0 Å². The van der Waals surface area contributed by atoms with Crippen molar-refractivity contribution in [3.63, 3.8) is 0 Å². The van der Waals surface area contributed by atoms with Crippen LogP contribution >= 0.6 is 11.6 Å². The lowest BCUT2D eigenvalue weighted by Crippen LogP contribution is -2.32. The molecule has 134 valence electrons. The van der Waals surface area contributed by atoms with Gasteiger partial charge in [0.05, 0.1) is 23.2 Å². The van der Waals surface area contributed by atoms with Crippen LogP contribution in [0.3, 0.4) is 0 Å². The Labute approximate surface area is 147 Å². The van der Waals surface area contributed by atoms with E-state index in [9.17, 15) is 22.4 Å². The molecule has 0 aromatic heterocycles. The summed E-state index contributed by atoms with van der Waals surface area (Å²) < 4.78 is 51.1. The molecule has 0 bridgehead atoms. The van der Waals surface area contributed by atoms with Crippen molar-refractivity contribution in [1.82, 2.24) is 5.32 Å². The highest BCUT2D eigenvalue weighted by Gasteiger charge is 2.30. The van der Waals surface area contributed by atoms with Crippen molar-refractivity contribution in [2.75, 3.05) is 11.9 Å². The normalized spacial score (nSPS) is 12.6. The number of halogens is 5. The lowest BCUT2D eigenvalue weighted by molar-refractivity contribution is -0.137. The first kappa shape index (κ1) is 19.1. The summed E-state index contributed by atoms with van der Waals surface area (Å²) >= 11 is 5.70. The van der Waals surface area contributed by atoms with E-state index in [0.717, 1.165) is 12.1 Å². The Morgan fingerprint density at radius 3 is 2.56 bits per heavy atom. The van der Waals surface area contributed by atoms with Gasteiger partial charge in [0.25, 0.3) is 0 Å². The van der Waals surface area contributed by atoms with Crippen molar-refractivity contribution in [1.29, 1.82) is 0 Å². The van der Waals surface area contributed by atoms with Gasteiger partial charge in [0.1, 0.15) is 5.82 Å². The van der Waals surface area contributed by atoms with Crippen LogP contribution in [0.15, 0.2) is 42.5 Å². The summed E-state index contributed by atoms with van der Waals surface area (Å²) in [5, 5.41) is 5.23. The molecular formula is C17H15ClF4N2O. The molecule has 0 spiro atoms. The molecule has 2 N–H and O–H groups in total. The topological polar surface area (TPSA) is 41.1 Å². The fourth-order valence-corrected chi connectivity index (χ4v) is 2.33. The van der Waals surface area contributed by atoms with E-state index in [4.69, 9.17) is 11.6 Å². The van der Waals surface area contributed by atoms with Gasteiger partial charge in [-0.2, -0.15) is 13.2 Å². The smallest absolute Gasteiger partial charge is 0.376 e. The number of carbonyl (C=O) groups is 1. The zero-order chi connectivity index (χ0) is 18.6. The van der Waals surface area contributed by atoms with Crippen LogP contribution in [0, 0.1) is 5.82 Å². The molecule has 25 heavy (non-hydrogen) atoms. The highest BCUT2D eigenvalue weighted by molar-refractivity contribution is 6.30. The molecule has 2 aromatic carbocycles. The number of rotatable bonds is 5. The van der Waals surface area contributed by atoms with E-state index < -0.39 is 29.5 Å². The van der Waals surface area contributed by atoms with Crippen molar-refractivity contribution < 1.29 is 22.4 Å². The number of nitrogens with one attached hydrogen (secondary N) is 2. The van der Waals surface area contributed by atoms with Crippen molar-refractivity contribution in [3.8, 4) is 0 Å².